The Morgan fingerprint density at radius 1 is 1.26 bits per heavy atom. The van der Waals surface area contributed by atoms with Crippen LogP contribution in [0.4, 0.5) is 11.6 Å². The van der Waals surface area contributed by atoms with Crippen molar-refractivity contribution in [2.24, 2.45) is 22.5 Å². The van der Waals surface area contributed by atoms with Gasteiger partial charge in [-0.3, -0.25) is 5.01 Å². The first-order chi connectivity index (χ1) is 13.0. The van der Waals surface area contributed by atoms with Crippen LogP contribution in [-0.4, -0.2) is 40.8 Å². The number of nitrogens with two attached hydrogens (primary N) is 2. The Hall–Kier alpha value is -2.06. The van der Waals surface area contributed by atoms with Crippen LogP contribution in [0.5, 0.6) is 0 Å². The number of hydrogen-bond donors (Lipinski definition) is 3. The number of halogens is 2. The van der Waals surface area contributed by atoms with Crippen molar-refractivity contribution in [3.05, 3.63) is 39.9 Å². The second-order valence-corrected chi connectivity index (χ2v) is 7.63. The van der Waals surface area contributed by atoms with Gasteiger partial charge in [0.1, 0.15) is 5.82 Å². The summed E-state index contributed by atoms with van der Waals surface area (Å²) in [7, 11) is 0. The summed E-state index contributed by atoms with van der Waals surface area (Å²) in [4.78, 5) is 11.2. The molecule has 2 aliphatic heterocycles. The molecule has 1 fully saturated rings. The minimum absolute atomic E-state index is 0.150. The fraction of sp³-hybridized carbons (Fsp3) is 0.333. The monoisotopic (exact) mass is 406 g/mol. The average molecular weight is 407 g/mol. The molecule has 9 heteroatoms. The summed E-state index contributed by atoms with van der Waals surface area (Å²) in [5.74, 6) is 7.62. The molecule has 1 aromatic carbocycles. The summed E-state index contributed by atoms with van der Waals surface area (Å²) in [6.07, 6.45) is 0.896. The highest BCUT2D eigenvalue weighted by molar-refractivity contribution is 6.39. The van der Waals surface area contributed by atoms with Gasteiger partial charge in [-0.1, -0.05) is 29.3 Å². The van der Waals surface area contributed by atoms with Crippen LogP contribution in [0, 0.1) is 5.92 Å². The quantitative estimate of drug-likeness (QED) is 0.676. The van der Waals surface area contributed by atoms with E-state index in [-0.39, 0.29) is 18.5 Å². The number of aromatic nitrogens is 1. The predicted octanol–water partition coefficient (Wildman–Crippen LogP) is 2.51. The van der Waals surface area contributed by atoms with Crippen molar-refractivity contribution >= 4 is 40.8 Å². The Morgan fingerprint density at radius 3 is 2.67 bits per heavy atom. The van der Waals surface area contributed by atoms with Crippen LogP contribution in [0.15, 0.2) is 29.3 Å². The summed E-state index contributed by atoms with van der Waals surface area (Å²) in [5.41, 5.74) is 8.26. The lowest BCUT2D eigenvalue weighted by Crippen LogP contribution is -2.43. The van der Waals surface area contributed by atoms with Crippen molar-refractivity contribution < 1.29 is 5.11 Å². The zero-order valence-corrected chi connectivity index (χ0v) is 16.1. The van der Waals surface area contributed by atoms with Crippen LogP contribution in [0.25, 0.3) is 11.1 Å². The van der Waals surface area contributed by atoms with Crippen molar-refractivity contribution in [1.82, 2.24) is 9.99 Å². The molecule has 1 atom stereocenters. The number of aliphatic imine (C=N–C) groups is 1. The molecule has 0 amide bonds. The molecule has 1 unspecified atom stereocenters. The number of aliphatic hydroxyl groups is 1. The standard InChI is InChI=1S/C18H20Cl2N6O/c19-13-2-1-3-14(20)15(13)12-6-11-8-26(22)18(21)24-16(11)23-17(12)25-5-4-10(7-25)9-27/h1-3,6,10,27H,4-5,7-9,22H2,(H2,21,23,24). The number of hydrogen-bond acceptors (Lipinski definition) is 7. The Morgan fingerprint density at radius 2 is 2.00 bits per heavy atom. The van der Waals surface area contributed by atoms with Crippen LogP contribution >= 0.6 is 23.2 Å². The second-order valence-electron chi connectivity index (χ2n) is 6.82. The molecule has 2 aromatic rings. The van der Waals surface area contributed by atoms with Gasteiger partial charge in [0.15, 0.2) is 5.82 Å². The van der Waals surface area contributed by atoms with Gasteiger partial charge in [-0.05, 0) is 24.6 Å². The maximum atomic E-state index is 9.51. The summed E-state index contributed by atoms with van der Waals surface area (Å²) in [5, 5.41) is 12.0. The van der Waals surface area contributed by atoms with Gasteiger partial charge in [-0.15, -0.1) is 0 Å². The zero-order valence-electron chi connectivity index (χ0n) is 14.6. The van der Waals surface area contributed by atoms with E-state index in [9.17, 15) is 5.11 Å². The third-order valence-electron chi connectivity index (χ3n) is 4.99. The van der Waals surface area contributed by atoms with E-state index < -0.39 is 0 Å². The maximum Gasteiger partial charge on any atom is 0.212 e. The van der Waals surface area contributed by atoms with E-state index in [0.717, 1.165) is 35.5 Å². The highest BCUT2D eigenvalue weighted by Gasteiger charge is 2.29. The van der Waals surface area contributed by atoms with E-state index in [1.165, 1.54) is 5.01 Å². The second kappa shape index (κ2) is 7.16. The van der Waals surface area contributed by atoms with Crippen molar-refractivity contribution in [2.75, 3.05) is 24.6 Å². The zero-order chi connectivity index (χ0) is 19.1. The molecule has 4 rings (SSSR count). The number of anilines is 1. The molecule has 2 aliphatic rings. The molecule has 0 aliphatic carbocycles. The van der Waals surface area contributed by atoms with Gasteiger partial charge in [0.05, 0.1) is 16.6 Å². The number of guanidine groups is 1. The molecule has 0 spiro atoms. The maximum absolute atomic E-state index is 9.51. The Labute approximate surface area is 167 Å². The topological polar surface area (TPSA) is 104 Å². The molecule has 0 bridgehead atoms. The lowest BCUT2D eigenvalue weighted by atomic mass is 10.0. The van der Waals surface area contributed by atoms with Gasteiger partial charge in [0.2, 0.25) is 5.96 Å². The van der Waals surface area contributed by atoms with Gasteiger partial charge in [0.25, 0.3) is 0 Å². The Balaban J connectivity index is 1.90. The fourth-order valence-electron chi connectivity index (χ4n) is 3.54. The first kappa shape index (κ1) is 18.3. The minimum atomic E-state index is 0.150. The van der Waals surface area contributed by atoms with Crippen LogP contribution in [0.1, 0.15) is 12.0 Å². The van der Waals surface area contributed by atoms with Gasteiger partial charge in [-0.2, -0.15) is 4.99 Å². The van der Waals surface area contributed by atoms with E-state index >= 15 is 0 Å². The predicted molar refractivity (Wildman–Crippen MR) is 108 cm³/mol. The Bertz CT molecular complexity index is 899. The largest absolute Gasteiger partial charge is 0.396 e. The lowest BCUT2D eigenvalue weighted by Gasteiger charge is -2.27. The summed E-state index contributed by atoms with van der Waals surface area (Å²) in [6, 6.07) is 7.40. The molecular weight excluding hydrogens is 387 g/mol. The van der Waals surface area contributed by atoms with E-state index in [2.05, 4.69) is 9.89 Å². The molecule has 27 heavy (non-hydrogen) atoms. The number of nitrogens with zero attached hydrogens (tertiary/aromatic N) is 4. The third kappa shape index (κ3) is 3.32. The minimum Gasteiger partial charge on any atom is -0.396 e. The van der Waals surface area contributed by atoms with Crippen molar-refractivity contribution in [3.8, 4) is 11.1 Å². The van der Waals surface area contributed by atoms with Crippen molar-refractivity contribution in [3.63, 3.8) is 0 Å². The lowest BCUT2D eigenvalue weighted by molar-refractivity contribution is 0.238. The number of fused-ring (bicyclic) bond motifs is 1. The average Bonchev–Trinajstić information content (AvgIpc) is 3.11. The first-order valence-electron chi connectivity index (χ1n) is 8.68. The van der Waals surface area contributed by atoms with Crippen LogP contribution in [-0.2, 0) is 6.54 Å². The van der Waals surface area contributed by atoms with Gasteiger partial charge >= 0.3 is 0 Å². The highest BCUT2D eigenvalue weighted by atomic mass is 35.5. The van der Waals surface area contributed by atoms with E-state index in [1.807, 2.05) is 12.1 Å². The molecule has 142 valence electrons. The number of rotatable bonds is 3. The summed E-state index contributed by atoms with van der Waals surface area (Å²) in [6.45, 7) is 2.04. The number of benzene rings is 1. The molecule has 7 nitrogen and oxygen atoms in total. The van der Waals surface area contributed by atoms with Crippen LogP contribution in [0.2, 0.25) is 10.0 Å². The van der Waals surface area contributed by atoms with Crippen LogP contribution in [0.3, 0.4) is 0 Å². The SMILES string of the molecule is NC1=Nc2nc(N3CCC(CO)C3)c(-c3c(Cl)cccc3Cl)cc2CN1N. The summed E-state index contributed by atoms with van der Waals surface area (Å²) >= 11 is 13.0. The van der Waals surface area contributed by atoms with Gasteiger partial charge in [0, 0.05) is 42.3 Å². The normalized spacial score (nSPS) is 19.3. The van der Waals surface area contributed by atoms with Crippen LogP contribution < -0.4 is 16.5 Å². The van der Waals surface area contributed by atoms with E-state index in [4.69, 9.17) is 39.8 Å². The molecule has 1 aromatic heterocycles. The van der Waals surface area contributed by atoms with E-state index in [0.29, 0.717) is 29.0 Å². The third-order valence-corrected chi connectivity index (χ3v) is 5.62. The van der Waals surface area contributed by atoms with Crippen molar-refractivity contribution in [2.45, 2.75) is 13.0 Å². The summed E-state index contributed by atoms with van der Waals surface area (Å²) < 4.78 is 0. The smallest absolute Gasteiger partial charge is 0.212 e. The van der Waals surface area contributed by atoms with Gasteiger partial charge in [-0.25, -0.2) is 10.8 Å². The number of pyridine rings is 1. The number of aliphatic hydroxyl groups excluding tert-OH is 1. The molecule has 1 saturated heterocycles. The van der Waals surface area contributed by atoms with Gasteiger partial charge < -0.3 is 15.7 Å². The molecular formula is C18H20Cl2N6O. The first-order valence-corrected chi connectivity index (χ1v) is 9.44. The highest BCUT2D eigenvalue weighted by Crippen LogP contribution is 2.43. The molecule has 0 radical (unpaired) electrons. The van der Waals surface area contributed by atoms with E-state index in [1.54, 1.807) is 12.1 Å². The fourth-order valence-corrected chi connectivity index (χ4v) is 4.14. The van der Waals surface area contributed by atoms with Crippen molar-refractivity contribution in [1.29, 1.82) is 0 Å². The molecule has 5 N–H and O–H groups in total. The Kier molecular flexibility index (Phi) is 4.86. The molecule has 0 saturated carbocycles. The number of hydrazine groups is 1. The molecule has 3 heterocycles.